The van der Waals surface area contributed by atoms with Crippen LogP contribution in [0.5, 0.6) is 0 Å². The van der Waals surface area contributed by atoms with Crippen molar-refractivity contribution in [2.24, 2.45) is 0 Å². The highest BCUT2D eigenvalue weighted by atomic mass is 32.1. The van der Waals surface area contributed by atoms with Crippen molar-refractivity contribution in [3.8, 4) is 0 Å². The van der Waals surface area contributed by atoms with E-state index in [2.05, 4.69) is 4.98 Å². The van der Waals surface area contributed by atoms with Gasteiger partial charge in [0.2, 0.25) is 11.7 Å². The standard InChI is InChI=1S/C29H25N3O4S/c33-26(27-30-21-12-5-7-15-25(21)37-27)23-14-8-16-31(23)28(34)24-17-20-11-4-6-13-22(20)32(24)29(35)36-18-19-9-2-1-3-10-19/h1-7,9-13,15,23-24H,8,14,16-18H2/t23-,24-/m0/s1. The highest BCUT2D eigenvalue weighted by Gasteiger charge is 2.45. The number of ether oxygens (including phenoxy) is 1. The summed E-state index contributed by atoms with van der Waals surface area (Å²) in [6, 6.07) is 23.2. The zero-order valence-corrected chi connectivity index (χ0v) is 20.9. The number of anilines is 1. The molecule has 37 heavy (non-hydrogen) atoms. The van der Waals surface area contributed by atoms with Crippen LogP contribution in [0.25, 0.3) is 10.2 Å². The summed E-state index contributed by atoms with van der Waals surface area (Å²) in [7, 11) is 0. The summed E-state index contributed by atoms with van der Waals surface area (Å²) in [5.74, 6) is -0.370. The number of hydrogen-bond acceptors (Lipinski definition) is 6. The highest BCUT2D eigenvalue weighted by molar-refractivity contribution is 7.20. The number of nitrogens with zero attached hydrogens (tertiary/aromatic N) is 3. The third kappa shape index (κ3) is 4.38. The summed E-state index contributed by atoms with van der Waals surface area (Å²) < 4.78 is 6.57. The smallest absolute Gasteiger partial charge is 0.415 e. The van der Waals surface area contributed by atoms with Crippen LogP contribution in [0.3, 0.4) is 0 Å². The minimum absolute atomic E-state index is 0.113. The number of ketones is 1. The number of aromatic nitrogens is 1. The summed E-state index contributed by atoms with van der Waals surface area (Å²) in [6.45, 7) is 0.585. The van der Waals surface area contributed by atoms with Gasteiger partial charge in [-0.3, -0.25) is 14.5 Å². The first-order valence-electron chi connectivity index (χ1n) is 12.4. The highest BCUT2D eigenvalue weighted by Crippen LogP contribution is 2.35. The van der Waals surface area contributed by atoms with Gasteiger partial charge in [-0.1, -0.05) is 60.7 Å². The van der Waals surface area contributed by atoms with Gasteiger partial charge in [-0.05, 0) is 42.2 Å². The predicted molar refractivity (Wildman–Crippen MR) is 142 cm³/mol. The zero-order valence-electron chi connectivity index (χ0n) is 20.1. The van der Waals surface area contributed by atoms with Gasteiger partial charge in [0.15, 0.2) is 5.01 Å². The van der Waals surface area contributed by atoms with E-state index in [4.69, 9.17) is 4.74 Å². The number of Topliss-reactive ketones (excluding diaryl/α,β-unsaturated/α-hetero) is 1. The number of thiazole rings is 1. The van der Waals surface area contributed by atoms with Crippen LogP contribution in [0.4, 0.5) is 10.5 Å². The molecular weight excluding hydrogens is 486 g/mol. The molecule has 2 aliphatic heterocycles. The molecule has 0 unspecified atom stereocenters. The van der Waals surface area contributed by atoms with Crippen LogP contribution in [0.2, 0.25) is 0 Å². The Morgan fingerprint density at radius 3 is 2.51 bits per heavy atom. The van der Waals surface area contributed by atoms with Crippen molar-refractivity contribution in [2.75, 3.05) is 11.4 Å². The van der Waals surface area contributed by atoms with Crippen LogP contribution < -0.4 is 4.90 Å². The first-order valence-corrected chi connectivity index (χ1v) is 13.2. The molecule has 2 amide bonds. The Labute approximate surface area is 218 Å². The minimum Gasteiger partial charge on any atom is -0.444 e. The van der Waals surface area contributed by atoms with E-state index in [0.717, 1.165) is 27.8 Å². The van der Waals surface area contributed by atoms with Crippen molar-refractivity contribution >= 4 is 45.0 Å². The van der Waals surface area contributed by atoms with Crippen LogP contribution in [0.1, 0.15) is 33.8 Å². The number of para-hydroxylation sites is 2. The fourth-order valence-electron chi connectivity index (χ4n) is 5.21. The molecule has 1 saturated heterocycles. The lowest BCUT2D eigenvalue weighted by atomic mass is 10.1. The SMILES string of the molecule is O=C(c1nc2ccccc2s1)[C@@H]1CCCN1C(=O)[C@@H]1Cc2ccccc2N1C(=O)OCc1ccccc1. The van der Waals surface area contributed by atoms with Crippen LogP contribution in [0.15, 0.2) is 78.9 Å². The Bertz CT molecular complexity index is 1450. The van der Waals surface area contributed by atoms with E-state index in [-0.39, 0.29) is 18.3 Å². The van der Waals surface area contributed by atoms with Gasteiger partial charge in [-0.15, -0.1) is 11.3 Å². The lowest BCUT2D eigenvalue weighted by Crippen LogP contribution is -2.52. The lowest BCUT2D eigenvalue weighted by Gasteiger charge is -2.30. The van der Waals surface area contributed by atoms with Gasteiger partial charge in [0.25, 0.3) is 0 Å². The lowest BCUT2D eigenvalue weighted by molar-refractivity contribution is -0.132. The number of fused-ring (bicyclic) bond motifs is 2. The number of carbonyl (C=O) groups excluding carboxylic acids is 3. The van der Waals surface area contributed by atoms with Gasteiger partial charge in [0.05, 0.1) is 21.9 Å². The molecule has 2 atom stereocenters. The van der Waals surface area contributed by atoms with Gasteiger partial charge in [0.1, 0.15) is 12.6 Å². The second kappa shape index (κ2) is 9.78. The number of amides is 2. The molecule has 0 bridgehead atoms. The third-order valence-corrected chi connectivity index (χ3v) is 8.06. The average Bonchev–Trinajstić information content (AvgIpc) is 3.68. The Hall–Kier alpha value is -4.04. The van der Waals surface area contributed by atoms with Gasteiger partial charge >= 0.3 is 6.09 Å². The second-order valence-electron chi connectivity index (χ2n) is 9.30. The van der Waals surface area contributed by atoms with E-state index in [1.54, 1.807) is 4.90 Å². The molecule has 1 aromatic heterocycles. The van der Waals surface area contributed by atoms with Crippen LogP contribution in [-0.2, 0) is 22.6 Å². The first kappa shape index (κ1) is 23.4. The number of carbonyl (C=O) groups is 3. The van der Waals surface area contributed by atoms with Crippen molar-refractivity contribution < 1.29 is 19.1 Å². The van der Waals surface area contributed by atoms with E-state index in [1.807, 2.05) is 78.9 Å². The zero-order chi connectivity index (χ0) is 25.4. The van der Waals surface area contributed by atoms with E-state index in [1.165, 1.54) is 16.2 Å². The van der Waals surface area contributed by atoms with E-state index >= 15 is 0 Å². The molecule has 2 aliphatic rings. The minimum atomic E-state index is -0.760. The summed E-state index contributed by atoms with van der Waals surface area (Å²) in [4.78, 5) is 48.3. The van der Waals surface area contributed by atoms with E-state index in [9.17, 15) is 14.4 Å². The van der Waals surface area contributed by atoms with Crippen LogP contribution in [-0.4, -0.2) is 46.3 Å². The molecule has 0 saturated carbocycles. The van der Waals surface area contributed by atoms with E-state index in [0.29, 0.717) is 30.1 Å². The quantitative estimate of drug-likeness (QED) is 0.343. The molecular formula is C29H25N3O4S. The molecule has 1 fully saturated rings. The number of hydrogen-bond donors (Lipinski definition) is 0. The fraction of sp³-hybridized carbons (Fsp3) is 0.241. The maximum Gasteiger partial charge on any atom is 0.415 e. The first-order chi connectivity index (χ1) is 18.1. The van der Waals surface area contributed by atoms with Crippen molar-refractivity contribution in [3.63, 3.8) is 0 Å². The number of likely N-dealkylation sites (tertiary alicyclic amines) is 1. The second-order valence-corrected chi connectivity index (χ2v) is 10.3. The predicted octanol–water partition coefficient (Wildman–Crippen LogP) is 5.24. The van der Waals surface area contributed by atoms with Gasteiger partial charge in [-0.25, -0.2) is 9.78 Å². The topological polar surface area (TPSA) is 79.8 Å². The Kier molecular flexibility index (Phi) is 6.18. The third-order valence-electron chi connectivity index (χ3n) is 7.01. The summed E-state index contributed by atoms with van der Waals surface area (Å²) in [5.41, 5.74) is 3.23. The van der Waals surface area contributed by atoms with Gasteiger partial charge < -0.3 is 9.64 Å². The van der Waals surface area contributed by atoms with Gasteiger partial charge in [0, 0.05) is 13.0 Å². The number of benzene rings is 3. The molecule has 0 radical (unpaired) electrons. The van der Waals surface area contributed by atoms with Crippen LogP contribution in [0, 0.1) is 0 Å². The molecule has 186 valence electrons. The van der Waals surface area contributed by atoms with Crippen molar-refractivity contribution in [3.05, 3.63) is 95.0 Å². The Morgan fingerprint density at radius 2 is 1.68 bits per heavy atom. The monoisotopic (exact) mass is 511 g/mol. The summed E-state index contributed by atoms with van der Waals surface area (Å²) in [5, 5.41) is 0.416. The molecule has 6 rings (SSSR count). The Morgan fingerprint density at radius 1 is 0.919 bits per heavy atom. The molecule has 0 N–H and O–H groups in total. The number of rotatable bonds is 5. The van der Waals surface area contributed by atoms with E-state index < -0.39 is 18.2 Å². The molecule has 0 spiro atoms. The molecule has 8 heteroatoms. The summed E-state index contributed by atoms with van der Waals surface area (Å²) in [6.07, 6.45) is 1.12. The molecule has 7 nitrogen and oxygen atoms in total. The maximum atomic E-state index is 13.9. The van der Waals surface area contributed by atoms with Crippen LogP contribution >= 0.6 is 11.3 Å². The average molecular weight is 512 g/mol. The normalized spacial score (nSPS) is 18.7. The molecule has 0 aliphatic carbocycles. The molecule has 3 aromatic carbocycles. The largest absolute Gasteiger partial charge is 0.444 e. The fourth-order valence-corrected chi connectivity index (χ4v) is 6.17. The molecule has 4 aromatic rings. The maximum absolute atomic E-state index is 13.9. The van der Waals surface area contributed by atoms with Gasteiger partial charge in [-0.2, -0.15) is 0 Å². The van der Waals surface area contributed by atoms with Crippen molar-refractivity contribution in [2.45, 2.75) is 38.0 Å². The Balaban J connectivity index is 1.24. The summed E-state index contributed by atoms with van der Waals surface area (Å²) >= 11 is 1.35. The van der Waals surface area contributed by atoms with Crippen molar-refractivity contribution in [1.82, 2.24) is 9.88 Å². The van der Waals surface area contributed by atoms with Crippen molar-refractivity contribution in [1.29, 1.82) is 0 Å². The molecule has 3 heterocycles.